The summed E-state index contributed by atoms with van der Waals surface area (Å²) >= 11 is 12.3. The van der Waals surface area contributed by atoms with Gasteiger partial charge in [-0.05, 0) is 67.7 Å². The molecule has 8 nitrogen and oxygen atoms in total. The molecule has 3 N–H and O–H groups in total. The molecule has 0 amide bonds. The van der Waals surface area contributed by atoms with Crippen LogP contribution in [0.4, 0.5) is 34.1 Å². The Morgan fingerprint density at radius 1 is 0.553 bits per heavy atom. The number of rotatable bonds is 0. The molecule has 0 aliphatic carbocycles. The summed E-state index contributed by atoms with van der Waals surface area (Å²) in [7, 11) is 2.16. The van der Waals surface area contributed by atoms with E-state index >= 15 is 0 Å². The van der Waals surface area contributed by atoms with Crippen LogP contribution in [0.5, 0.6) is 0 Å². The van der Waals surface area contributed by atoms with Gasteiger partial charge in [-0.1, -0.05) is 62.3 Å². The maximum atomic E-state index is 6.18. The van der Waals surface area contributed by atoms with Crippen LogP contribution in [-0.4, -0.2) is 85.8 Å². The predicted octanol–water partition coefficient (Wildman–Crippen LogP) is 8.38. The molecule has 0 atom stereocenters. The SMILES string of the molecule is C.C.CN1CCN(C2=Nc3cc(Cl)ccc3Nc3ccccc32)CC1.Clc1ccc2c(c1)N=C(N1CCNCC1)c1ccccc1N2. The van der Waals surface area contributed by atoms with Crippen molar-refractivity contribution in [3.8, 4) is 0 Å². The molecule has 2 saturated heterocycles. The van der Waals surface area contributed by atoms with Crippen LogP contribution in [0.1, 0.15) is 26.0 Å². The Kier molecular flexibility index (Phi) is 11.1. The standard InChI is InChI=1S/C18H19ClN4.C17H17ClN4.2CH4/c1-22-8-10-23(11-9-22)18-14-4-2-3-5-15(14)20-16-7-6-13(19)12-17(16)21-18;18-12-5-6-15-16(11-12)21-17(22-9-7-19-8-10-22)13-3-1-2-4-14(13)20-15;;/h2-7,12,20H,8-11H2,1H3;1-6,11,19-20H,7-10H2;2*1H4. The van der Waals surface area contributed by atoms with Crippen LogP contribution in [0, 0.1) is 0 Å². The molecule has 0 unspecified atom stereocenters. The maximum Gasteiger partial charge on any atom is 0.138 e. The highest BCUT2D eigenvalue weighted by Gasteiger charge is 2.24. The number of para-hydroxylation sites is 2. The number of amidine groups is 2. The van der Waals surface area contributed by atoms with Gasteiger partial charge in [0.15, 0.2) is 0 Å². The van der Waals surface area contributed by atoms with Crippen molar-refractivity contribution in [2.75, 3.05) is 70.0 Å². The zero-order chi connectivity index (χ0) is 30.8. The van der Waals surface area contributed by atoms with Gasteiger partial charge in [0.2, 0.25) is 0 Å². The van der Waals surface area contributed by atoms with E-state index in [-0.39, 0.29) is 14.9 Å². The molecule has 0 aromatic heterocycles. The van der Waals surface area contributed by atoms with Crippen molar-refractivity contribution < 1.29 is 0 Å². The van der Waals surface area contributed by atoms with Crippen LogP contribution in [0.3, 0.4) is 0 Å². The number of anilines is 4. The number of halogens is 2. The van der Waals surface area contributed by atoms with Crippen molar-refractivity contribution in [1.29, 1.82) is 0 Å². The second-order valence-electron chi connectivity index (χ2n) is 11.6. The van der Waals surface area contributed by atoms with Gasteiger partial charge in [-0.25, -0.2) is 9.98 Å². The first-order valence-corrected chi connectivity index (χ1v) is 16.2. The number of hydrogen-bond acceptors (Lipinski definition) is 8. The average Bonchev–Trinajstić information content (AvgIpc) is 3.33. The fourth-order valence-corrected chi connectivity index (χ4v) is 6.33. The highest BCUT2D eigenvalue weighted by Crippen LogP contribution is 2.38. The van der Waals surface area contributed by atoms with Gasteiger partial charge in [0.1, 0.15) is 11.7 Å². The molecule has 4 heterocycles. The van der Waals surface area contributed by atoms with Crippen molar-refractivity contribution in [2.45, 2.75) is 14.9 Å². The molecule has 4 aromatic carbocycles. The fraction of sp³-hybridized carbons (Fsp3) is 0.297. The molecule has 8 rings (SSSR count). The zero-order valence-electron chi connectivity index (χ0n) is 25.2. The van der Waals surface area contributed by atoms with E-state index in [0.29, 0.717) is 10.0 Å². The molecule has 4 aliphatic heterocycles. The van der Waals surface area contributed by atoms with Crippen LogP contribution in [0.2, 0.25) is 10.0 Å². The highest BCUT2D eigenvalue weighted by atomic mass is 35.5. The number of piperazine rings is 2. The van der Waals surface area contributed by atoms with E-state index in [2.05, 4.69) is 74.1 Å². The number of fused-ring (bicyclic) bond motifs is 4. The van der Waals surface area contributed by atoms with Gasteiger partial charge in [-0.2, -0.15) is 0 Å². The van der Waals surface area contributed by atoms with Gasteiger partial charge in [-0.3, -0.25) is 0 Å². The quantitative estimate of drug-likeness (QED) is 0.175. The van der Waals surface area contributed by atoms with Crippen molar-refractivity contribution >= 4 is 69.0 Å². The first-order valence-electron chi connectivity index (χ1n) is 15.4. The lowest BCUT2D eigenvalue weighted by Gasteiger charge is -2.34. The lowest BCUT2D eigenvalue weighted by atomic mass is 10.1. The smallest absolute Gasteiger partial charge is 0.138 e. The second-order valence-corrected chi connectivity index (χ2v) is 12.4. The van der Waals surface area contributed by atoms with Gasteiger partial charge in [0.05, 0.1) is 22.7 Å². The van der Waals surface area contributed by atoms with Crippen molar-refractivity contribution in [2.24, 2.45) is 9.98 Å². The van der Waals surface area contributed by atoms with E-state index in [1.807, 2.05) is 48.5 Å². The Labute approximate surface area is 289 Å². The minimum absolute atomic E-state index is 0. The monoisotopic (exact) mass is 670 g/mol. The minimum Gasteiger partial charge on any atom is -0.353 e. The average molecular weight is 672 g/mol. The number of hydrogen-bond donors (Lipinski definition) is 3. The molecular weight excluding hydrogens is 627 g/mol. The van der Waals surface area contributed by atoms with Gasteiger partial charge in [-0.15, -0.1) is 0 Å². The predicted molar refractivity (Wildman–Crippen MR) is 202 cm³/mol. The summed E-state index contributed by atoms with van der Waals surface area (Å²) in [4.78, 5) is 17.0. The molecule has 2 fully saturated rings. The van der Waals surface area contributed by atoms with E-state index in [4.69, 9.17) is 33.2 Å². The summed E-state index contributed by atoms with van der Waals surface area (Å²) in [5.41, 5.74) is 8.21. The van der Waals surface area contributed by atoms with Crippen LogP contribution in [-0.2, 0) is 0 Å². The molecule has 0 bridgehead atoms. The summed E-state index contributed by atoms with van der Waals surface area (Å²) in [5.74, 6) is 2.05. The fourth-order valence-electron chi connectivity index (χ4n) is 6.00. The number of nitrogens with one attached hydrogen (secondary N) is 3. The summed E-state index contributed by atoms with van der Waals surface area (Å²) < 4.78 is 0. The molecule has 0 radical (unpaired) electrons. The molecule has 4 aromatic rings. The van der Waals surface area contributed by atoms with Crippen LogP contribution < -0.4 is 16.0 Å². The third-order valence-corrected chi connectivity index (χ3v) is 8.94. The normalized spacial score (nSPS) is 16.6. The van der Waals surface area contributed by atoms with E-state index in [1.165, 1.54) is 0 Å². The molecular formula is C37H44Cl2N8. The maximum absolute atomic E-state index is 6.18. The topological polar surface area (TPSA) is 70.5 Å². The lowest BCUT2D eigenvalue weighted by Crippen LogP contribution is -2.47. The van der Waals surface area contributed by atoms with Gasteiger partial charge in [0.25, 0.3) is 0 Å². The summed E-state index contributed by atoms with van der Waals surface area (Å²) in [6.45, 7) is 7.97. The Morgan fingerprint density at radius 3 is 1.49 bits per heavy atom. The first kappa shape index (κ1) is 34.3. The third kappa shape index (κ3) is 7.57. The number of benzene rings is 4. The third-order valence-electron chi connectivity index (χ3n) is 8.47. The van der Waals surface area contributed by atoms with E-state index in [1.54, 1.807) is 0 Å². The summed E-state index contributed by atoms with van der Waals surface area (Å²) in [6, 6.07) is 28.3. The molecule has 0 saturated carbocycles. The van der Waals surface area contributed by atoms with E-state index in [0.717, 1.165) is 109 Å². The highest BCUT2D eigenvalue weighted by molar-refractivity contribution is 6.31. The van der Waals surface area contributed by atoms with Gasteiger partial charge < -0.3 is 30.7 Å². The zero-order valence-corrected chi connectivity index (χ0v) is 26.7. The largest absolute Gasteiger partial charge is 0.353 e. The van der Waals surface area contributed by atoms with Crippen molar-refractivity contribution in [1.82, 2.24) is 20.0 Å². The number of aliphatic imine (C=N–C) groups is 2. The van der Waals surface area contributed by atoms with Crippen LogP contribution in [0.25, 0.3) is 0 Å². The minimum atomic E-state index is 0. The lowest BCUT2D eigenvalue weighted by molar-refractivity contribution is 0.216. The molecule has 0 spiro atoms. The summed E-state index contributed by atoms with van der Waals surface area (Å²) in [6.07, 6.45) is 0. The van der Waals surface area contributed by atoms with Crippen LogP contribution >= 0.6 is 23.2 Å². The van der Waals surface area contributed by atoms with Crippen molar-refractivity contribution in [3.05, 3.63) is 106 Å². The number of nitrogens with zero attached hydrogens (tertiary/aromatic N) is 5. The van der Waals surface area contributed by atoms with Crippen LogP contribution in [0.15, 0.2) is 94.9 Å². The Balaban J connectivity index is 0.000000177. The van der Waals surface area contributed by atoms with Gasteiger partial charge in [0, 0.05) is 84.9 Å². The Hall–Kier alpha value is -4.08. The second kappa shape index (κ2) is 15.2. The van der Waals surface area contributed by atoms with E-state index < -0.39 is 0 Å². The molecule has 4 aliphatic rings. The van der Waals surface area contributed by atoms with Crippen molar-refractivity contribution in [3.63, 3.8) is 0 Å². The number of likely N-dealkylation sites (N-methyl/N-ethyl adjacent to an activating group) is 1. The first-order chi connectivity index (χ1) is 22.0. The molecule has 10 heteroatoms. The molecule has 47 heavy (non-hydrogen) atoms. The van der Waals surface area contributed by atoms with Gasteiger partial charge >= 0.3 is 0 Å². The Morgan fingerprint density at radius 2 is 1.00 bits per heavy atom. The summed E-state index contributed by atoms with van der Waals surface area (Å²) in [5, 5.41) is 11.8. The molecule has 246 valence electrons. The van der Waals surface area contributed by atoms with E-state index in [9.17, 15) is 0 Å². The Bertz CT molecular complexity index is 1760.